The van der Waals surface area contributed by atoms with Gasteiger partial charge in [0.2, 0.25) is 0 Å². The van der Waals surface area contributed by atoms with Crippen LogP contribution in [0.2, 0.25) is 0 Å². The second-order valence-electron chi connectivity index (χ2n) is 5.37. The lowest BCUT2D eigenvalue weighted by atomic mass is 10.1. The Morgan fingerprint density at radius 1 is 1.00 bits per heavy atom. The minimum absolute atomic E-state index is 0.0769. The molecule has 0 aliphatic heterocycles. The SMILES string of the molecule is CNS(=O)(=O)S(=O)(=O)c1cc(NC(=O)c2cnc3ccccc3c2)ccn1. The van der Waals surface area contributed by atoms with E-state index in [0.29, 0.717) is 0 Å². The summed E-state index contributed by atoms with van der Waals surface area (Å²) in [5.74, 6) is -0.528. The first-order valence-electron chi connectivity index (χ1n) is 7.55. The standard InChI is InChI=1S/C16H14N4O5S2/c1-17-27(24,25)26(22,23)15-9-13(6-7-18-15)20-16(21)12-8-11-4-2-3-5-14(11)19-10-12/h2-10,17H,1H3,(H,18,20,21). The minimum Gasteiger partial charge on any atom is -0.322 e. The molecule has 0 atom stereocenters. The summed E-state index contributed by atoms with van der Waals surface area (Å²) in [7, 11) is -8.41. The predicted molar refractivity (Wildman–Crippen MR) is 99.1 cm³/mol. The maximum atomic E-state index is 12.4. The smallest absolute Gasteiger partial charge is 0.322 e. The summed E-state index contributed by atoms with van der Waals surface area (Å²) in [6.45, 7) is 0. The first kappa shape index (κ1) is 18.9. The molecule has 0 fully saturated rings. The second kappa shape index (κ2) is 7.02. The average Bonchev–Trinajstić information content (AvgIpc) is 2.67. The van der Waals surface area contributed by atoms with Crippen LogP contribution in [0.1, 0.15) is 10.4 Å². The van der Waals surface area contributed by atoms with E-state index in [2.05, 4.69) is 15.3 Å². The number of fused-ring (bicyclic) bond motifs is 1. The molecule has 0 saturated carbocycles. The van der Waals surface area contributed by atoms with Crippen molar-refractivity contribution in [3.8, 4) is 0 Å². The maximum Gasteiger partial charge on any atom is 0.323 e. The van der Waals surface area contributed by atoms with Crippen molar-refractivity contribution in [2.75, 3.05) is 12.4 Å². The van der Waals surface area contributed by atoms with E-state index in [1.807, 2.05) is 12.1 Å². The number of nitrogens with one attached hydrogen (secondary N) is 2. The van der Waals surface area contributed by atoms with Gasteiger partial charge in [-0.3, -0.25) is 9.78 Å². The van der Waals surface area contributed by atoms with E-state index in [0.717, 1.165) is 30.2 Å². The van der Waals surface area contributed by atoms with Crippen LogP contribution in [0.4, 0.5) is 5.69 Å². The first-order chi connectivity index (χ1) is 12.7. The number of para-hydroxylation sites is 1. The average molecular weight is 406 g/mol. The van der Waals surface area contributed by atoms with Gasteiger partial charge in [0, 0.05) is 29.5 Å². The van der Waals surface area contributed by atoms with Crippen LogP contribution in [0.15, 0.2) is 59.9 Å². The van der Waals surface area contributed by atoms with E-state index in [1.165, 1.54) is 12.3 Å². The van der Waals surface area contributed by atoms with Crippen LogP contribution in [0.25, 0.3) is 10.9 Å². The normalized spacial score (nSPS) is 12.0. The van der Waals surface area contributed by atoms with Crippen molar-refractivity contribution in [1.82, 2.24) is 14.7 Å². The van der Waals surface area contributed by atoms with E-state index < -0.39 is 28.9 Å². The number of hydrogen-bond acceptors (Lipinski definition) is 7. The van der Waals surface area contributed by atoms with Crippen LogP contribution in [0.5, 0.6) is 0 Å². The molecule has 140 valence electrons. The van der Waals surface area contributed by atoms with Crippen molar-refractivity contribution < 1.29 is 21.6 Å². The Balaban J connectivity index is 1.90. The number of carbonyl (C=O) groups excluding carboxylic acids is 1. The Morgan fingerprint density at radius 3 is 2.48 bits per heavy atom. The van der Waals surface area contributed by atoms with Gasteiger partial charge in [0.25, 0.3) is 5.91 Å². The topological polar surface area (TPSA) is 135 Å². The van der Waals surface area contributed by atoms with E-state index in [4.69, 9.17) is 0 Å². The molecule has 1 aromatic carbocycles. The number of hydrogen-bond donors (Lipinski definition) is 2. The van der Waals surface area contributed by atoms with Crippen molar-refractivity contribution in [3.63, 3.8) is 0 Å². The van der Waals surface area contributed by atoms with Crippen LogP contribution in [0, 0.1) is 0 Å². The fourth-order valence-corrected chi connectivity index (χ4v) is 4.76. The summed E-state index contributed by atoms with van der Waals surface area (Å²) in [5, 5.41) is 2.57. The number of benzene rings is 1. The van der Waals surface area contributed by atoms with Crippen molar-refractivity contribution in [1.29, 1.82) is 0 Å². The van der Waals surface area contributed by atoms with Gasteiger partial charge in [0.1, 0.15) is 0 Å². The third kappa shape index (κ3) is 3.65. The molecule has 9 nitrogen and oxygen atoms in total. The molecule has 0 spiro atoms. The van der Waals surface area contributed by atoms with Gasteiger partial charge >= 0.3 is 17.9 Å². The molecule has 2 N–H and O–H groups in total. The molecule has 11 heteroatoms. The minimum atomic E-state index is -4.75. The molecule has 0 aliphatic carbocycles. The molecule has 3 aromatic rings. The molecule has 1 amide bonds. The number of rotatable bonds is 5. The van der Waals surface area contributed by atoms with E-state index in [9.17, 15) is 21.6 Å². The fourth-order valence-electron chi connectivity index (χ4n) is 2.24. The predicted octanol–water partition coefficient (Wildman–Crippen LogP) is 1.12. The molecule has 0 bridgehead atoms. The number of aromatic nitrogens is 2. The van der Waals surface area contributed by atoms with Crippen molar-refractivity contribution in [2.24, 2.45) is 0 Å². The van der Waals surface area contributed by atoms with Crippen LogP contribution < -0.4 is 10.0 Å². The zero-order valence-corrected chi connectivity index (χ0v) is 15.6. The summed E-state index contributed by atoms with van der Waals surface area (Å²) in [5.41, 5.74) is 1.06. The first-order valence-corrected chi connectivity index (χ1v) is 11.0. The lowest BCUT2D eigenvalue weighted by Gasteiger charge is -2.08. The number of pyridine rings is 2. The Morgan fingerprint density at radius 2 is 1.74 bits per heavy atom. The third-order valence-corrected chi connectivity index (χ3v) is 8.20. The molecular formula is C16H14N4O5S2. The Bertz CT molecular complexity index is 1240. The summed E-state index contributed by atoms with van der Waals surface area (Å²) < 4.78 is 49.3. The van der Waals surface area contributed by atoms with Crippen molar-refractivity contribution in [3.05, 3.63) is 60.4 Å². The van der Waals surface area contributed by atoms with Gasteiger partial charge < -0.3 is 5.32 Å². The molecule has 2 heterocycles. The monoisotopic (exact) mass is 406 g/mol. The van der Waals surface area contributed by atoms with Crippen molar-refractivity contribution in [2.45, 2.75) is 5.03 Å². The number of carbonyl (C=O) groups is 1. The van der Waals surface area contributed by atoms with Crippen LogP contribution in [-0.4, -0.2) is 39.8 Å². The van der Waals surface area contributed by atoms with Gasteiger partial charge in [-0.25, -0.2) is 18.1 Å². The fraction of sp³-hybridized carbons (Fsp3) is 0.0625. The summed E-state index contributed by atoms with van der Waals surface area (Å²) in [6.07, 6.45) is 2.48. The zero-order valence-electron chi connectivity index (χ0n) is 13.9. The van der Waals surface area contributed by atoms with Crippen molar-refractivity contribution >= 4 is 40.4 Å². The molecule has 3 rings (SSSR count). The molecular weight excluding hydrogens is 392 g/mol. The summed E-state index contributed by atoms with van der Waals surface area (Å²) >= 11 is 0. The zero-order chi connectivity index (χ0) is 19.7. The van der Waals surface area contributed by atoms with E-state index >= 15 is 0 Å². The molecule has 27 heavy (non-hydrogen) atoms. The highest BCUT2D eigenvalue weighted by Crippen LogP contribution is 2.19. The molecule has 0 unspecified atom stereocenters. The lowest BCUT2D eigenvalue weighted by molar-refractivity contribution is 0.102. The quantitative estimate of drug-likeness (QED) is 0.606. The largest absolute Gasteiger partial charge is 0.323 e. The van der Waals surface area contributed by atoms with Gasteiger partial charge in [-0.15, -0.1) is 0 Å². The third-order valence-electron chi connectivity index (χ3n) is 3.64. The number of anilines is 1. The van der Waals surface area contributed by atoms with E-state index in [-0.39, 0.29) is 11.3 Å². The second-order valence-corrected chi connectivity index (χ2v) is 10.6. The maximum absolute atomic E-state index is 12.4. The van der Waals surface area contributed by atoms with Gasteiger partial charge in [0.15, 0.2) is 5.03 Å². The Kier molecular flexibility index (Phi) is 4.91. The van der Waals surface area contributed by atoms with Crippen LogP contribution >= 0.6 is 0 Å². The highest BCUT2D eigenvalue weighted by atomic mass is 33.2. The highest BCUT2D eigenvalue weighted by molar-refractivity contribution is 8.66. The van der Waals surface area contributed by atoms with Crippen LogP contribution in [0.3, 0.4) is 0 Å². The Labute approximate surface area is 154 Å². The van der Waals surface area contributed by atoms with Gasteiger partial charge in [-0.2, -0.15) is 8.42 Å². The molecule has 2 aromatic heterocycles. The molecule has 0 saturated heterocycles. The van der Waals surface area contributed by atoms with Crippen LogP contribution in [-0.2, 0) is 17.9 Å². The summed E-state index contributed by atoms with van der Waals surface area (Å²) in [6, 6.07) is 11.2. The Hall–Kier alpha value is -2.89. The highest BCUT2D eigenvalue weighted by Gasteiger charge is 2.32. The number of nitrogens with zero attached hydrogens (tertiary/aromatic N) is 2. The molecule has 0 aliphatic rings. The lowest BCUT2D eigenvalue weighted by Crippen LogP contribution is -2.28. The molecule has 0 radical (unpaired) electrons. The van der Waals surface area contributed by atoms with Gasteiger partial charge in [-0.1, -0.05) is 18.2 Å². The number of amides is 1. The van der Waals surface area contributed by atoms with E-state index in [1.54, 1.807) is 22.9 Å². The summed E-state index contributed by atoms with van der Waals surface area (Å²) in [4.78, 5) is 20.2. The van der Waals surface area contributed by atoms with Gasteiger partial charge in [-0.05, 0) is 25.2 Å². The van der Waals surface area contributed by atoms with Gasteiger partial charge in [0.05, 0.1) is 11.1 Å².